The Labute approximate surface area is 285 Å². The Morgan fingerprint density at radius 1 is 0.333 bits per heavy atom. The van der Waals surface area contributed by atoms with E-state index >= 15 is 0 Å². The number of hydrogen-bond acceptors (Lipinski definition) is 3. The van der Waals surface area contributed by atoms with Crippen molar-refractivity contribution in [2.75, 3.05) is 0 Å². The van der Waals surface area contributed by atoms with E-state index in [0.29, 0.717) is 28.6 Å². The van der Waals surface area contributed by atoms with Crippen molar-refractivity contribution in [2.24, 2.45) is 0 Å². The van der Waals surface area contributed by atoms with Gasteiger partial charge in [-0.25, -0.2) is 15.0 Å². The van der Waals surface area contributed by atoms with Gasteiger partial charge in [-0.15, -0.1) is 0 Å². The average Bonchev–Trinajstić information content (AvgIpc) is 3.22. The second kappa shape index (κ2) is 11.7. The highest BCUT2D eigenvalue weighted by Gasteiger charge is 2.15. The zero-order valence-corrected chi connectivity index (χ0v) is 25.7. The monoisotopic (exact) mass is 616 g/mol. The van der Waals surface area contributed by atoms with Crippen molar-refractivity contribution in [3.8, 4) is 56.4 Å². The predicted octanol–water partition coefficient (Wildman–Crippen LogP) is 11.7. The van der Waals surface area contributed by atoms with Gasteiger partial charge in [0.2, 0.25) is 0 Å². The molecule has 0 aliphatic heterocycles. The summed E-state index contributed by atoms with van der Waals surface area (Å²) in [6, 6.07) is 47.3. The summed E-state index contributed by atoms with van der Waals surface area (Å²) in [5.41, 5.74) is 5.30. The standard InChI is InChI=1S/C45H29N3/c1-3-11-30(12-4-1)31-19-23-35(24-20-31)44-46-43(34-14-5-2-6-15-34)47-45(48-44)36-25-21-33(22-26-36)42-39-18-10-8-16-37(39)29-41-38-17-9-7-13-32(38)27-28-40(41)42/h1-29H/i1D,3D,4D,11D,12D. The lowest BCUT2D eigenvalue weighted by Gasteiger charge is -2.14. The number of fused-ring (bicyclic) bond motifs is 4. The highest BCUT2D eigenvalue weighted by atomic mass is 15.0. The van der Waals surface area contributed by atoms with Gasteiger partial charge in [0, 0.05) is 16.7 Å². The van der Waals surface area contributed by atoms with Crippen LogP contribution < -0.4 is 0 Å². The smallest absolute Gasteiger partial charge is 0.164 e. The largest absolute Gasteiger partial charge is 0.208 e. The second-order valence-corrected chi connectivity index (χ2v) is 11.7. The summed E-state index contributed by atoms with van der Waals surface area (Å²) >= 11 is 0. The van der Waals surface area contributed by atoms with Gasteiger partial charge in [0.15, 0.2) is 17.5 Å². The molecule has 1 aromatic heterocycles. The molecule has 9 aromatic rings. The first kappa shape index (κ1) is 23.0. The molecular weight excluding hydrogens is 583 g/mol. The Morgan fingerprint density at radius 3 is 1.52 bits per heavy atom. The third kappa shape index (κ3) is 4.99. The maximum absolute atomic E-state index is 8.41. The van der Waals surface area contributed by atoms with Gasteiger partial charge in [0.1, 0.15) is 0 Å². The zero-order chi connectivity index (χ0) is 36.2. The fourth-order valence-electron chi connectivity index (χ4n) is 6.45. The maximum atomic E-state index is 8.41. The van der Waals surface area contributed by atoms with Crippen LogP contribution in [0.2, 0.25) is 0 Å². The molecule has 0 aliphatic rings. The first-order valence-electron chi connectivity index (χ1n) is 18.3. The molecule has 1 heterocycles. The molecule has 0 aliphatic carbocycles. The highest BCUT2D eigenvalue weighted by Crippen LogP contribution is 2.40. The van der Waals surface area contributed by atoms with E-state index in [1.54, 1.807) is 12.1 Å². The summed E-state index contributed by atoms with van der Waals surface area (Å²) in [4.78, 5) is 14.7. The molecule has 3 heteroatoms. The predicted molar refractivity (Wildman–Crippen MR) is 200 cm³/mol. The van der Waals surface area contributed by atoms with Crippen molar-refractivity contribution >= 4 is 32.3 Å². The molecule has 0 unspecified atom stereocenters. The summed E-state index contributed by atoms with van der Waals surface area (Å²) in [6.45, 7) is 0. The molecule has 0 atom stereocenters. The van der Waals surface area contributed by atoms with Gasteiger partial charge in [0.05, 0.1) is 6.85 Å². The average molecular weight is 617 g/mol. The normalized spacial score (nSPS) is 12.8. The number of hydrogen-bond donors (Lipinski definition) is 0. The molecule has 0 fully saturated rings. The molecule has 9 rings (SSSR count). The summed E-state index contributed by atoms with van der Waals surface area (Å²) in [6.07, 6.45) is 0. The van der Waals surface area contributed by atoms with Gasteiger partial charge in [-0.05, 0) is 60.6 Å². The molecule has 8 aromatic carbocycles. The van der Waals surface area contributed by atoms with Crippen LogP contribution in [0.25, 0.3) is 88.7 Å². The molecular formula is C45H29N3. The van der Waals surface area contributed by atoms with Crippen LogP contribution in [0.5, 0.6) is 0 Å². The maximum Gasteiger partial charge on any atom is 0.164 e. The van der Waals surface area contributed by atoms with Crippen molar-refractivity contribution in [2.45, 2.75) is 0 Å². The van der Waals surface area contributed by atoms with E-state index in [-0.39, 0.29) is 29.7 Å². The summed E-state index contributed by atoms with van der Waals surface area (Å²) in [5.74, 6) is 1.50. The van der Waals surface area contributed by atoms with Gasteiger partial charge < -0.3 is 0 Å². The van der Waals surface area contributed by atoms with Crippen LogP contribution in [0.3, 0.4) is 0 Å². The van der Waals surface area contributed by atoms with Crippen molar-refractivity contribution in [3.05, 3.63) is 176 Å². The van der Waals surface area contributed by atoms with Crippen LogP contribution in [0.1, 0.15) is 6.85 Å². The quantitative estimate of drug-likeness (QED) is 0.143. The van der Waals surface area contributed by atoms with Gasteiger partial charge in [0.25, 0.3) is 0 Å². The Hall–Kier alpha value is -6.45. The first-order valence-corrected chi connectivity index (χ1v) is 15.8. The van der Waals surface area contributed by atoms with E-state index in [1.165, 1.54) is 37.9 Å². The fraction of sp³-hybridized carbons (Fsp3) is 0. The van der Waals surface area contributed by atoms with Crippen LogP contribution in [-0.2, 0) is 0 Å². The van der Waals surface area contributed by atoms with Gasteiger partial charge in [-0.2, -0.15) is 0 Å². The lowest BCUT2D eigenvalue weighted by molar-refractivity contribution is 1.07. The SMILES string of the molecule is [2H]c1c([2H])c([2H])c(-c2ccc(-c3nc(-c4ccccc4)nc(-c4ccc(-c5c6ccccc6cc6c5ccc5ccccc56)cc4)n3)cc2)c([2H])c1[2H]. The Bertz CT molecular complexity index is 2850. The molecule has 0 amide bonds. The van der Waals surface area contributed by atoms with Crippen LogP contribution in [0.4, 0.5) is 0 Å². The molecule has 0 spiro atoms. The summed E-state index contributed by atoms with van der Waals surface area (Å²) in [7, 11) is 0. The molecule has 0 saturated heterocycles. The van der Waals surface area contributed by atoms with E-state index in [0.717, 1.165) is 16.7 Å². The Balaban J connectivity index is 1.15. The summed E-state index contributed by atoms with van der Waals surface area (Å²) in [5, 5.41) is 7.21. The Kier molecular flexibility index (Phi) is 5.61. The number of aromatic nitrogens is 3. The highest BCUT2D eigenvalue weighted by molar-refractivity contribution is 6.20. The van der Waals surface area contributed by atoms with Crippen molar-refractivity contribution in [3.63, 3.8) is 0 Å². The number of nitrogens with zero attached hydrogens (tertiary/aromatic N) is 3. The second-order valence-electron chi connectivity index (χ2n) is 11.7. The van der Waals surface area contributed by atoms with Gasteiger partial charge in [-0.1, -0.05) is 170 Å². The lowest BCUT2D eigenvalue weighted by Crippen LogP contribution is -2.00. The molecule has 0 bridgehead atoms. The molecule has 0 saturated carbocycles. The molecule has 3 nitrogen and oxygen atoms in total. The minimum Gasteiger partial charge on any atom is -0.208 e. The van der Waals surface area contributed by atoms with E-state index < -0.39 is 6.04 Å². The van der Waals surface area contributed by atoms with E-state index in [9.17, 15) is 0 Å². The zero-order valence-electron chi connectivity index (χ0n) is 30.7. The molecule has 224 valence electrons. The third-order valence-corrected chi connectivity index (χ3v) is 8.80. The summed E-state index contributed by atoms with van der Waals surface area (Å²) < 4.78 is 41.0. The van der Waals surface area contributed by atoms with Crippen molar-refractivity contribution < 1.29 is 6.85 Å². The van der Waals surface area contributed by atoms with Crippen LogP contribution >= 0.6 is 0 Å². The topological polar surface area (TPSA) is 38.7 Å². The molecule has 0 radical (unpaired) electrons. The fourth-order valence-corrected chi connectivity index (χ4v) is 6.45. The first-order chi connectivity index (χ1) is 25.9. The van der Waals surface area contributed by atoms with E-state index in [4.69, 9.17) is 21.8 Å². The molecule has 48 heavy (non-hydrogen) atoms. The molecule has 0 N–H and O–H groups in total. The number of benzene rings is 8. The van der Waals surface area contributed by atoms with E-state index in [1.807, 2.05) is 42.5 Å². The van der Waals surface area contributed by atoms with Crippen molar-refractivity contribution in [1.29, 1.82) is 0 Å². The van der Waals surface area contributed by atoms with Crippen LogP contribution in [0.15, 0.2) is 176 Å². The third-order valence-electron chi connectivity index (χ3n) is 8.80. The van der Waals surface area contributed by atoms with Gasteiger partial charge >= 0.3 is 0 Å². The lowest BCUT2D eigenvalue weighted by atomic mass is 9.89. The van der Waals surface area contributed by atoms with Crippen molar-refractivity contribution in [1.82, 2.24) is 15.0 Å². The minimum absolute atomic E-state index is 0.149. The van der Waals surface area contributed by atoms with Crippen LogP contribution in [0, 0.1) is 0 Å². The van der Waals surface area contributed by atoms with Gasteiger partial charge in [-0.3, -0.25) is 0 Å². The Morgan fingerprint density at radius 2 is 0.854 bits per heavy atom. The van der Waals surface area contributed by atoms with Crippen LogP contribution in [-0.4, -0.2) is 15.0 Å². The van der Waals surface area contributed by atoms with E-state index in [2.05, 4.69) is 91.0 Å². The number of rotatable bonds is 5. The minimum atomic E-state index is -0.418.